The third-order valence-electron chi connectivity index (χ3n) is 1.96. The maximum atomic E-state index is 11.3. The van der Waals surface area contributed by atoms with E-state index in [-0.39, 0.29) is 12.3 Å². The maximum absolute atomic E-state index is 11.3. The molecule has 0 aromatic heterocycles. The fourth-order valence-electron chi connectivity index (χ4n) is 0.947. The molecule has 1 unspecified atom stereocenters. The smallest absolute Gasteiger partial charge is 0.305 e. The first-order chi connectivity index (χ1) is 7.52. The third kappa shape index (κ3) is 3.65. The van der Waals surface area contributed by atoms with Crippen molar-refractivity contribution < 1.29 is 14.7 Å². The van der Waals surface area contributed by atoms with Crippen LogP contribution >= 0.6 is 11.8 Å². The van der Waals surface area contributed by atoms with E-state index >= 15 is 0 Å². The zero-order chi connectivity index (χ0) is 12.1. The number of hydrogen-bond acceptors (Lipinski definition) is 5. The van der Waals surface area contributed by atoms with Crippen LogP contribution in [0.15, 0.2) is 10.2 Å². The van der Waals surface area contributed by atoms with Crippen molar-refractivity contribution in [1.29, 1.82) is 0 Å². The second-order valence-corrected chi connectivity index (χ2v) is 4.48. The van der Waals surface area contributed by atoms with Crippen LogP contribution in [0.2, 0.25) is 0 Å². The molecule has 1 rings (SSSR count). The molecule has 0 aromatic rings. The molecule has 0 radical (unpaired) electrons. The second-order valence-electron chi connectivity index (χ2n) is 3.29. The molecule has 16 heavy (non-hydrogen) atoms. The average Bonchev–Trinajstić information content (AvgIpc) is 2.55. The van der Waals surface area contributed by atoms with Crippen LogP contribution in [-0.4, -0.2) is 33.1 Å². The molecule has 0 spiro atoms. The van der Waals surface area contributed by atoms with Crippen LogP contribution in [0, 0.1) is 0 Å². The lowest BCUT2D eigenvalue weighted by Gasteiger charge is -1.97. The number of amides is 1. The number of amidine groups is 1. The number of rotatable bonds is 4. The van der Waals surface area contributed by atoms with E-state index in [4.69, 9.17) is 5.11 Å². The van der Waals surface area contributed by atoms with Crippen LogP contribution in [0.5, 0.6) is 0 Å². The molecule has 1 fully saturated rings. The lowest BCUT2D eigenvalue weighted by atomic mass is 10.3. The molecule has 1 atom stereocenters. The first kappa shape index (κ1) is 12.7. The largest absolute Gasteiger partial charge is 0.481 e. The molecule has 88 valence electrons. The molecule has 0 aliphatic carbocycles. The Morgan fingerprint density at radius 2 is 2.31 bits per heavy atom. The quantitative estimate of drug-likeness (QED) is 0.565. The Labute approximate surface area is 97.2 Å². The van der Waals surface area contributed by atoms with Gasteiger partial charge in [-0.1, -0.05) is 18.7 Å². The SMILES string of the molecule is CC/C(C)=N\N=C1\NC(=O)C(CC(=O)O)S1. The van der Waals surface area contributed by atoms with E-state index < -0.39 is 11.2 Å². The summed E-state index contributed by atoms with van der Waals surface area (Å²) < 4.78 is 0. The van der Waals surface area contributed by atoms with Crippen LogP contribution in [0.3, 0.4) is 0 Å². The predicted molar refractivity (Wildman–Crippen MR) is 62.6 cm³/mol. The van der Waals surface area contributed by atoms with Gasteiger partial charge in [0, 0.05) is 5.71 Å². The summed E-state index contributed by atoms with van der Waals surface area (Å²) >= 11 is 1.10. The van der Waals surface area contributed by atoms with Gasteiger partial charge >= 0.3 is 5.97 Å². The Hall–Kier alpha value is -1.37. The molecule has 0 aromatic carbocycles. The molecule has 1 saturated heterocycles. The molecule has 7 heteroatoms. The lowest BCUT2D eigenvalue weighted by Crippen LogP contribution is -2.26. The molecular formula is C9H13N3O3S. The van der Waals surface area contributed by atoms with Gasteiger partial charge in [-0.05, 0) is 13.3 Å². The number of nitrogens with zero attached hydrogens (tertiary/aromatic N) is 2. The van der Waals surface area contributed by atoms with E-state index in [9.17, 15) is 9.59 Å². The van der Waals surface area contributed by atoms with E-state index in [0.717, 1.165) is 23.9 Å². The number of carbonyl (C=O) groups is 2. The molecule has 1 aliphatic heterocycles. The summed E-state index contributed by atoms with van der Waals surface area (Å²) in [5.74, 6) is -1.32. The number of thioether (sulfide) groups is 1. The first-order valence-corrected chi connectivity index (χ1v) is 5.71. The van der Waals surface area contributed by atoms with Gasteiger partial charge < -0.3 is 10.4 Å². The Morgan fingerprint density at radius 1 is 1.62 bits per heavy atom. The number of nitrogens with one attached hydrogen (secondary N) is 1. The van der Waals surface area contributed by atoms with Gasteiger partial charge in [0.15, 0.2) is 5.17 Å². The van der Waals surface area contributed by atoms with Gasteiger partial charge in [0.05, 0.1) is 6.42 Å². The average molecular weight is 243 g/mol. The first-order valence-electron chi connectivity index (χ1n) is 4.83. The molecule has 6 nitrogen and oxygen atoms in total. The van der Waals surface area contributed by atoms with Crippen LogP contribution < -0.4 is 5.32 Å². The Bertz CT molecular complexity index is 365. The number of carbonyl (C=O) groups excluding carboxylic acids is 1. The standard InChI is InChI=1S/C9H13N3O3S/c1-3-5(2)11-12-9-10-8(15)6(16-9)4-7(13)14/h6H,3-4H2,1-2H3,(H,13,14)(H,10,12,15)/b11-5-. The van der Waals surface area contributed by atoms with Gasteiger partial charge in [-0.25, -0.2) is 0 Å². The summed E-state index contributed by atoms with van der Waals surface area (Å²) in [6.45, 7) is 3.78. The number of carboxylic acids is 1. The van der Waals surface area contributed by atoms with E-state index in [0.29, 0.717) is 5.17 Å². The van der Waals surface area contributed by atoms with E-state index in [1.165, 1.54) is 0 Å². The fourth-order valence-corrected chi connectivity index (χ4v) is 1.86. The van der Waals surface area contributed by atoms with E-state index in [2.05, 4.69) is 15.5 Å². The second kappa shape index (κ2) is 5.64. The minimum Gasteiger partial charge on any atom is -0.481 e. The third-order valence-corrected chi connectivity index (χ3v) is 3.03. The van der Waals surface area contributed by atoms with Gasteiger partial charge in [0.1, 0.15) is 5.25 Å². The monoisotopic (exact) mass is 243 g/mol. The van der Waals surface area contributed by atoms with Crippen LogP contribution in [0.25, 0.3) is 0 Å². The molecule has 1 heterocycles. The van der Waals surface area contributed by atoms with Crippen molar-refractivity contribution in [2.24, 2.45) is 10.2 Å². The van der Waals surface area contributed by atoms with Crippen LogP contribution in [0.1, 0.15) is 26.7 Å². The number of carboxylic acid groups (broad SMARTS) is 1. The highest BCUT2D eigenvalue weighted by Gasteiger charge is 2.32. The zero-order valence-electron chi connectivity index (χ0n) is 9.06. The van der Waals surface area contributed by atoms with Crippen molar-refractivity contribution in [2.75, 3.05) is 0 Å². The van der Waals surface area contributed by atoms with Crippen LogP contribution in [-0.2, 0) is 9.59 Å². The van der Waals surface area contributed by atoms with Gasteiger partial charge in [0.25, 0.3) is 0 Å². The summed E-state index contributed by atoms with van der Waals surface area (Å²) in [7, 11) is 0. The van der Waals surface area contributed by atoms with Crippen molar-refractivity contribution >= 4 is 34.5 Å². The summed E-state index contributed by atoms with van der Waals surface area (Å²) in [5, 5.41) is 18.6. The van der Waals surface area contributed by atoms with E-state index in [1.54, 1.807) is 0 Å². The van der Waals surface area contributed by atoms with Crippen molar-refractivity contribution in [3.05, 3.63) is 0 Å². The number of hydrogen-bond donors (Lipinski definition) is 2. The fraction of sp³-hybridized carbons (Fsp3) is 0.556. The molecule has 1 aliphatic rings. The molecule has 2 N–H and O–H groups in total. The highest BCUT2D eigenvalue weighted by molar-refractivity contribution is 8.15. The predicted octanol–water partition coefficient (Wildman–Crippen LogP) is 0.835. The number of aliphatic carboxylic acids is 1. The molecule has 0 saturated carbocycles. The minimum absolute atomic E-state index is 0.202. The highest BCUT2D eigenvalue weighted by atomic mass is 32.2. The topological polar surface area (TPSA) is 91.1 Å². The summed E-state index contributed by atoms with van der Waals surface area (Å²) in [5.41, 5.74) is 0.851. The molecular weight excluding hydrogens is 230 g/mol. The van der Waals surface area contributed by atoms with Crippen molar-refractivity contribution in [1.82, 2.24) is 5.32 Å². The van der Waals surface area contributed by atoms with Gasteiger partial charge in [-0.3, -0.25) is 9.59 Å². The Morgan fingerprint density at radius 3 is 2.88 bits per heavy atom. The maximum Gasteiger partial charge on any atom is 0.305 e. The normalized spacial score (nSPS) is 23.6. The lowest BCUT2D eigenvalue weighted by molar-refractivity contribution is -0.138. The van der Waals surface area contributed by atoms with Crippen molar-refractivity contribution in [2.45, 2.75) is 31.9 Å². The van der Waals surface area contributed by atoms with Gasteiger partial charge in [-0.15, -0.1) is 5.10 Å². The summed E-state index contributed by atoms with van der Waals surface area (Å²) in [6.07, 6.45) is 0.583. The highest BCUT2D eigenvalue weighted by Crippen LogP contribution is 2.22. The minimum atomic E-state index is -0.998. The van der Waals surface area contributed by atoms with Gasteiger partial charge in [-0.2, -0.15) is 5.10 Å². The zero-order valence-corrected chi connectivity index (χ0v) is 9.87. The van der Waals surface area contributed by atoms with Gasteiger partial charge in [0.2, 0.25) is 5.91 Å². The van der Waals surface area contributed by atoms with Crippen molar-refractivity contribution in [3.63, 3.8) is 0 Å². The summed E-state index contributed by atoms with van der Waals surface area (Å²) in [4.78, 5) is 21.8. The molecule has 1 amide bonds. The Kier molecular flexibility index (Phi) is 4.48. The van der Waals surface area contributed by atoms with Crippen molar-refractivity contribution in [3.8, 4) is 0 Å². The molecule has 0 bridgehead atoms. The summed E-state index contributed by atoms with van der Waals surface area (Å²) in [6, 6.07) is 0. The van der Waals surface area contributed by atoms with Crippen LogP contribution in [0.4, 0.5) is 0 Å². The van der Waals surface area contributed by atoms with E-state index in [1.807, 2.05) is 13.8 Å². The Balaban J connectivity index is 2.62.